The molecule has 4 N–H and O–H groups in total. The lowest BCUT2D eigenvalue weighted by molar-refractivity contribution is 0.937. The van der Waals surface area contributed by atoms with E-state index in [-0.39, 0.29) is 0 Å². The Balaban J connectivity index is 2.55. The second-order valence-corrected chi connectivity index (χ2v) is 2.81. The van der Waals surface area contributed by atoms with Gasteiger partial charge in [-0.2, -0.15) is 0 Å². The van der Waals surface area contributed by atoms with E-state index in [1.165, 1.54) is 0 Å². The molecule has 5 heteroatoms. The zero-order chi connectivity index (χ0) is 9.26. The van der Waals surface area contributed by atoms with E-state index in [9.17, 15) is 0 Å². The third-order valence-corrected chi connectivity index (χ3v) is 1.85. The highest BCUT2D eigenvalue weighted by Gasteiger charge is 2.03. The largest absolute Gasteiger partial charge is 0.381 e. The standard InChI is InChI=1S/C8H11N5/c9-2-1-6-5-13-4-3-11-7(10)8(13)12-6/h3-5H,1-2,9H2,(H2,10,11). The van der Waals surface area contributed by atoms with Crippen molar-refractivity contribution in [1.82, 2.24) is 14.4 Å². The number of anilines is 1. The van der Waals surface area contributed by atoms with E-state index in [1.807, 2.05) is 16.8 Å². The van der Waals surface area contributed by atoms with Crippen molar-refractivity contribution in [3.05, 3.63) is 24.3 Å². The number of nitrogens with two attached hydrogens (primary N) is 2. The predicted octanol–water partition coefficient (Wildman–Crippen LogP) is -0.187. The lowest BCUT2D eigenvalue weighted by atomic mass is 10.3. The number of hydrogen-bond donors (Lipinski definition) is 2. The molecule has 2 aromatic heterocycles. The van der Waals surface area contributed by atoms with E-state index >= 15 is 0 Å². The van der Waals surface area contributed by atoms with E-state index in [2.05, 4.69) is 9.97 Å². The molecule has 0 saturated carbocycles. The smallest absolute Gasteiger partial charge is 0.180 e. The Labute approximate surface area is 75.4 Å². The molecule has 68 valence electrons. The molecule has 0 unspecified atom stereocenters. The molecule has 2 aromatic rings. The van der Waals surface area contributed by atoms with Crippen LogP contribution in [0.2, 0.25) is 0 Å². The molecule has 0 aromatic carbocycles. The second-order valence-electron chi connectivity index (χ2n) is 2.81. The maximum atomic E-state index is 5.64. The molecule has 0 fully saturated rings. The first-order valence-electron chi connectivity index (χ1n) is 4.09. The third-order valence-electron chi connectivity index (χ3n) is 1.85. The Morgan fingerprint density at radius 2 is 2.31 bits per heavy atom. The number of nitrogen functional groups attached to an aromatic ring is 1. The highest BCUT2D eigenvalue weighted by Crippen LogP contribution is 2.09. The van der Waals surface area contributed by atoms with Crippen molar-refractivity contribution in [3.8, 4) is 0 Å². The van der Waals surface area contributed by atoms with Crippen LogP contribution in [0.3, 0.4) is 0 Å². The fourth-order valence-corrected chi connectivity index (χ4v) is 1.26. The maximum absolute atomic E-state index is 5.64. The van der Waals surface area contributed by atoms with Crippen LogP contribution in [0, 0.1) is 0 Å². The Hall–Kier alpha value is -1.62. The molecule has 0 atom stereocenters. The zero-order valence-electron chi connectivity index (χ0n) is 7.14. The SMILES string of the molecule is NCCc1cn2ccnc(N)c2n1. The highest BCUT2D eigenvalue weighted by atomic mass is 15.1. The van der Waals surface area contributed by atoms with E-state index in [1.54, 1.807) is 6.20 Å². The van der Waals surface area contributed by atoms with Gasteiger partial charge in [0.25, 0.3) is 0 Å². The predicted molar refractivity (Wildman–Crippen MR) is 50.2 cm³/mol. The Bertz CT molecular complexity index is 419. The molecule has 2 heterocycles. The number of fused-ring (bicyclic) bond motifs is 1. The van der Waals surface area contributed by atoms with E-state index in [0.29, 0.717) is 18.0 Å². The van der Waals surface area contributed by atoms with Crippen molar-refractivity contribution >= 4 is 11.5 Å². The summed E-state index contributed by atoms with van der Waals surface area (Å²) in [7, 11) is 0. The van der Waals surface area contributed by atoms with Gasteiger partial charge in [0.2, 0.25) is 0 Å². The molecule has 0 bridgehead atoms. The van der Waals surface area contributed by atoms with Crippen molar-refractivity contribution in [2.45, 2.75) is 6.42 Å². The van der Waals surface area contributed by atoms with Gasteiger partial charge in [0.15, 0.2) is 11.5 Å². The van der Waals surface area contributed by atoms with Crippen LogP contribution in [0.25, 0.3) is 5.65 Å². The average Bonchev–Trinajstić information content (AvgIpc) is 2.49. The molecule has 0 aliphatic carbocycles. The number of rotatable bonds is 2. The number of nitrogens with zero attached hydrogens (tertiary/aromatic N) is 3. The van der Waals surface area contributed by atoms with Gasteiger partial charge >= 0.3 is 0 Å². The molecule has 5 nitrogen and oxygen atoms in total. The number of imidazole rings is 1. The fraction of sp³-hybridized carbons (Fsp3) is 0.250. The van der Waals surface area contributed by atoms with Crippen molar-refractivity contribution in [2.24, 2.45) is 5.73 Å². The van der Waals surface area contributed by atoms with Crippen molar-refractivity contribution in [3.63, 3.8) is 0 Å². The summed E-state index contributed by atoms with van der Waals surface area (Å²) >= 11 is 0. The zero-order valence-corrected chi connectivity index (χ0v) is 7.14. The molecule has 0 aliphatic heterocycles. The first-order valence-corrected chi connectivity index (χ1v) is 4.09. The lowest BCUT2D eigenvalue weighted by Gasteiger charge is -1.93. The van der Waals surface area contributed by atoms with Crippen molar-refractivity contribution in [2.75, 3.05) is 12.3 Å². The molecule has 13 heavy (non-hydrogen) atoms. The topological polar surface area (TPSA) is 82.2 Å². The van der Waals surface area contributed by atoms with E-state index in [0.717, 1.165) is 12.1 Å². The van der Waals surface area contributed by atoms with Crippen molar-refractivity contribution in [1.29, 1.82) is 0 Å². The van der Waals surface area contributed by atoms with Crippen LogP contribution in [-0.2, 0) is 6.42 Å². The highest BCUT2D eigenvalue weighted by molar-refractivity contribution is 5.59. The van der Waals surface area contributed by atoms with Crippen molar-refractivity contribution < 1.29 is 0 Å². The molecule has 0 spiro atoms. The minimum Gasteiger partial charge on any atom is -0.381 e. The average molecular weight is 177 g/mol. The molecule has 0 radical (unpaired) electrons. The van der Waals surface area contributed by atoms with Crippen LogP contribution in [0.4, 0.5) is 5.82 Å². The fourth-order valence-electron chi connectivity index (χ4n) is 1.26. The number of hydrogen-bond acceptors (Lipinski definition) is 4. The Morgan fingerprint density at radius 3 is 3.00 bits per heavy atom. The molecular weight excluding hydrogens is 166 g/mol. The molecule has 0 amide bonds. The Kier molecular flexibility index (Phi) is 1.86. The lowest BCUT2D eigenvalue weighted by Crippen LogP contribution is -2.02. The van der Waals surface area contributed by atoms with Gasteiger partial charge < -0.3 is 15.9 Å². The van der Waals surface area contributed by atoms with Gasteiger partial charge in [0, 0.05) is 25.0 Å². The summed E-state index contributed by atoms with van der Waals surface area (Å²) < 4.78 is 1.85. The summed E-state index contributed by atoms with van der Waals surface area (Å²) in [6.45, 7) is 0.594. The van der Waals surface area contributed by atoms with E-state index < -0.39 is 0 Å². The van der Waals surface area contributed by atoms with Gasteiger partial charge in [0.05, 0.1) is 5.69 Å². The summed E-state index contributed by atoms with van der Waals surface area (Å²) in [5, 5.41) is 0. The van der Waals surface area contributed by atoms with Crippen LogP contribution in [0.15, 0.2) is 18.6 Å². The molecule has 0 aliphatic rings. The Morgan fingerprint density at radius 1 is 1.46 bits per heavy atom. The van der Waals surface area contributed by atoms with E-state index in [4.69, 9.17) is 11.5 Å². The summed E-state index contributed by atoms with van der Waals surface area (Å²) in [5.41, 5.74) is 12.7. The molecule has 0 saturated heterocycles. The minimum atomic E-state index is 0.450. The van der Waals surface area contributed by atoms with Crippen LogP contribution in [-0.4, -0.2) is 20.9 Å². The number of aromatic nitrogens is 3. The molecule has 2 rings (SSSR count). The van der Waals surface area contributed by atoms with Gasteiger partial charge in [0.1, 0.15) is 0 Å². The van der Waals surface area contributed by atoms with Gasteiger partial charge in [-0.05, 0) is 6.54 Å². The van der Waals surface area contributed by atoms with Gasteiger partial charge in [-0.25, -0.2) is 9.97 Å². The molecular formula is C8H11N5. The van der Waals surface area contributed by atoms with Gasteiger partial charge in [-0.15, -0.1) is 0 Å². The monoisotopic (exact) mass is 177 g/mol. The minimum absolute atomic E-state index is 0.450. The van der Waals surface area contributed by atoms with Crippen LogP contribution < -0.4 is 11.5 Å². The second kappa shape index (κ2) is 3.02. The summed E-state index contributed by atoms with van der Waals surface area (Å²) in [6.07, 6.45) is 6.15. The van der Waals surface area contributed by atoms with Gasteiger partial charge in [-0.1, -0.05) is 0 Å². The summed E-state index contributed by atoms with van der Waals surface area (Å²) in [5.74, 6) is 0.450. The summed E-state index contributed by atoms with van der Waals surface area (Å²) in [6, 6.07) is 0. The first-order chi connectivity index (χ1) is 6.31. The van der Waals surface area contributed by atoms with Crippen LogP contribution in [0.1, 0.15) is 5.69 Å². The third kappa shape index (κ3) is 1.33. The van der Waals surface area contributed by atoms with Crippen LogP contribution >= 0.6 is 0 Å². The first kappa shape index (κ1) is 8.00. The summed E-state index contributed by atoms with van der Waals surface area (Å²) in [4.78, 5) is 8.24. The quantitative estimate of drug-likeness (QED) is 0.666. The maximum Gasteiger partial charge on any atom is 0.180 e. The normalized spacial score (nSPS) is 10.8. The van der Waals surface area contributed by atoms with Crippen LogP contribution in [0.5, 0.6) is 0 Å². The van der Waals surface area contributed by atoms with Gasteiger partial charge in [-0.3, -0.25) is 0 Å².